The normalized spacial score (nSPS) is 13.9. The zero-order chi connectivity index (χ0) is 20.3. The van der Waals surface area contributed by atoms with Crippen LogP contribution in [0.5, 0.6) is 0 Å². The van der Waals surface area contributed by atoms with Gasteiger partial charge >= 0.3 is 0 Å². The molecule has 2 aromatic heterocycles. The van der Waals surface area contributed by atoms with E-state index in [1.54, 1.807) is 30.6 Å². The standard InChI is InChI=1S/C22H17BrN4O2/c1-12(2)19-17-9-13(23)7-8-14(17)20-25-24-11-27(20)18(19)10-26-21(28)15-5-3-4-6-16(15)22(26)29/h3-9,11-12H,10H2,1-2H3. The molecule has 0 saturated carbocycles. The van der Waals surface area contributed by atoms with Crippen LogP contribution in [-0.4, -0.2) is 31.3 Å². The van der Waals surface area contributed by atoms with Crippen molar-refractivity contribution in [1.82, 2.24) is 19.5 Å². The van der Waals surface area contributed by atoms with Crippen molar-refractivity contribution in [3.8, 4) is 0 Å². The molecular weight excluding hydrogens is 432 g/mol. The summed E-state index contributed by atoms with van der Waals surface area (Å²) in [6, 6.07) is 13.0. The summed E-state index contributed by atoms with van der Waals surface area (Å²) in [7, 11) is 0. The second kappa shape index (κ2) is 6.49. The molecule has 6 nitrogen and oxygen atoms in total. The molecule has 1 aliphatic rings. The lowest BCUT2D eigenvalue weighted by molar-refractivity contribution is 0.0639. The highest BCUT2D eigenvalue weighted by Crippen LogP contribution is 2.35. The number of nitrogens with zero attached hydrogens (tertiary/aromatic N) is 4. The Bertz CT molecular complexity index is 1290. The maximum atomic E-state index is 12.9. The smallest absolute Gasteiger partial charge is 0.261 e. The number of carbonyl (C=O) groups excluding carboxylic acids is 2. The highest BCUT2D eigenvalue weighted by Gasteiger charge is 2.36. The summed E-state index contributed by atoms with van der Waals surface area (Å²) in [5, 5.41) is 10.4. The maximum absolute atomic E-state index is 12.9. The number of imide groups is 1. The van der Waals surface area contributed by atoms with Gasteiger partial charge in [0, 0.05) is 15.6 Å². The fourth-order valence-electron chi connectivity index (χ4n) is 4.17. The molecular formula is C22H17BrN4O2. The van der Waals surface area contributed by atoms with E-state index in [1.165, 1.54) is 4.90 Å². The number of amides is 2. The van der Waals surface area contributed by atoms with Crippen molar-refractivity contribution in [2.45, 2.75) is 26.3 Å². The minimum absolute atomic E-state index is 0.164. The van der Waals surface area contributed by atoms with Crippen molar-refractivity contribution in [3.63, 3.8) is 0 Å². The van der Waals surface area contributed by atoms with Crippen molar-refractivity contribution < 1.29 is 9.59 Å². The molecule has 29 heavy (non-hydrogen) atoms. The van der Waals surface area contributed by atoms with Crippen LogP contribution in [0.2, 0.25) is 0 Å². The second-order valence-corrected chi connectivity index (χ2v) is 8.39. The molecule has 0 radical (unpaired) electrons. The molecule has 2 amide bonds. The van der Waals surface area contributed by atoms with Gasteiger partial charge in [-0.25, -0.2) is 0 Å². The molecule has 7 heteroatoms. The number of halogens is 1. The van der Waals surface area contributed by atoms with Crippen molar-refractivity contribution in [2.75, 3.05) is 0 Å². The van der Waals surface area contributed by atoms with E-state index in [1.807, 2.05) is 16.5 Å². The van der Waals surface area contributed by atoms with Gasteiger partial charge in [0.25, 0.3) is 11.8 Å². The molecule has 0 spiro atoms. The van der Waals surface area contributed by atoms with Crippen molar-refractivity contribution in [1.29, 1.82) is 0 Å². The minimum Gasteiger partial charge on any atom is -0.283 e. The van der Waals surface area contributed by atoms with E-state index < -0.39 is 0 Å². The first-order chi connectivity index (χ1) is 14.0. The van der Waals surface area contributed by atoms with Gasteiger partial charge in [-0.3, -0.25) is 18.9 Å². The number of aromatic nitrogens is 3. The van der Waals surface area contributed by atoms with E-state index >= 15 is 0 Å². The number of rotatable bonds is 3. The lowest BCUT2D eigenvalue weighted by Crippen LogP contribution is -2.30. The van der Waals surface area contributed by atoms with Gasteiger partial charge in [0.15, 0.2) is 5.65 Å². The number of hydrogen-bond acceptors (Lipinski definition) is 4. The van der Waals surface area contributed by atoms with Gasteiger partial charge in [0.05, 0.1) is 17.7 Å². The Kier molecular flexibility index (Phi) is 4.03. The molecule has 0 fully saturated rings. The maximum Gasteiger partial charge on any atom is 0.261 e. The van der Waals surface area contributed by atoms with Crippen molar-refractivity contribution in [3.05, 3.63) is 75.6 Å². The number of fused-ring (bicyclic) bond motifs is 4. The molecule has 5 rings (SSSR count). The molecule has 144 valence electrons. The van der Waals surface area contributed by atoms with Gasteiger partial charge in [-0.15, -0.1) is 10.2 Å². The molecule has 4 aromatic rings. The number of benzene rings is 2. The number of pyridine rings is 1. The molecule has 3 heterocycles. The largest absolute Gasteiger partial charge is 0.283 e. The molecule has 0 bridgehead atoms. The third-order valence-corrected chi connectivity index (χ3v) is 5.92. The van der Waals surface area contributed by atoms with Crippen LogP contribution in [0.4, 0.5) is 0 Å². The first-order valence-electron chi connectivity index (χ1n) is 9.36. The van der Waals surface area contributed by atoms with Crippen LogP contribution in [0.3, 0.4) is 0 Å². The number of hydrogen-bond donors (Lipinski definition) is 0. The van der Waals surface area contributed by atoms with Gasteiger partial charge in [-0.1, -0.05) is 41.9 Å². The predicted molar refractivity (Wildman–Crippen MR) is 113 cm³/mol. The van der Waals surface area contributed by atoms with Crippen LogP contribution in [0.1, 0.15) is 51.7 Å². The fraction of sp³-hybridized carbons (Fsp3) is 0.182. The molecule has 0 N–H and O–H groups in total. The topological polar surface area (TPSA) is 67.6 Å². The van der Waals surface area contributed by atoms with Crippen LogP contribution in [0.15, 0.2) is 53.3 Å². The highest BCUT2D eigenvalue weighted by atomic mass is 79.9. The molecule has 2 aromatic carbocycles. The third kappa shape index (κ3) is 2.61. The number of carbonyl (C=O) groups is 2. The lowest BCUT2D eigenvalue weighted by atomic mass is 9.94. The lowest BCUT2D eigenvalue weighted by Gasteiger charge is -2.22. The highest BCUT2D eigenvalue weighted by molar-refractivity contribution is 9.10. The minimum atomic E-state index is -0.268. The summed E-state index contributed by atoms with van der Waals surface area (Å²) < 4.78 is 2.86. The molecule has 1 aliphatic heterocycles. The summed E-state index contributed by atoms with van der Waals surface area (Å²) in [5.74, 6) is -0.365. The van der Waals surface area contributed by atoms with Crippen LogP contribution >= 0.6 is 15.9 Å². The Labute approximate surface area is 175 Å². The quantitative estimate of drug-likeness (QED) is 0.430. The van der Waals surface area contributed by atoms with Crippen LogP contribution in [0.25, 0.3) is 16.4 Å². The Morgan fingerprint density at radius 3 is 2.34 bits per heavy atom. The third-order valence-electron chi connectivity index (χ3n) is 5.43. The average molecular weight is 449 g/mol. The summed E-state index contributed by atoms with van der Waals surface area (Å²) in [6.07, 6.45) is 1.65. The van der Waals surface area contributed by atoms with Crippen LogP contribution in [-0.2, 0) is 6.54 Å². The predicted octanol–water partition coefficient (Wildman–Crippen LogP) is 4.56. The Morgan fingerprint density at radius 1 is 1.00 bits per heavy atom. The SMILES string of the molecule is CC(C)c1c(CN2C(=O)c3ccccc3C2=O)n2cnnc2c2ccc(Br)cc12. The Balaban J connectivity index is 1.75. The van der Waals surface area contributed by atoms with E-state index in [9.17, 15) is 9.59 Å². The molecule has 0 aliphatic carbocycles. The summed E-state index contributed by atoms with van der Waals surface area (Å²) in [4.78, 5) is 27.2. The summed E-state index contributed by atoms with van der Waals surface area (Å²) in [6.45, 7) is 4.38. The fourth-order valence-corrected chi connectivity index (χ4v) is 4.53. The first kappa shape index (κ1) is 18.0. The van der Waals surface area contributed by atoms with Gasteiger partial charge in [-0.2, -0.15) is 0 Å². The van der Waals surface area contributed by atoms with E-state index in [2.05, 4.69) is 46.0 Å². The average Bonchev–Trinajstić information content (AvgIpc) is 3.27. The first-order valence-corrected chi connectivity index (χ1v) is 10.2. The molecule has 0 atom stereocenters. The Hall–Kier alpha value is -3.06. The van der Waals surface area contributed by atoms with Gasteiger partial charge in [-0.05, 0) is 47.2 Å². The molecule has 0 saturated heterocycles. The van der Waals surface area contributed by atoms with E-state index in [4.69, 9.17) is 0 Å². The van der Waals surface area contributed by atoms with Crippen LogP contribution in [0, 0.1) is 0 Å². The van der Waals surface area contributed by atoms with Gasteiger partial charge in [0.1, 0.15) is 6.33 Å². The van der Waals surface area contributed by atoms with Gasteiger partial charge in [0.2, 0.25) is 0 Å². The van der Waals surface area contributed by atoms with E-state index in [0.29, 0.717) is 16.8 Å². The van der Waals surface area contributed by atoms with Crippen molar-refractivity contribution in [2.24, 2.45) is 0 Å². The zero-order valence-electron chi connectivity index (χ0n) is 15.9. The van der Waals surface area contributed by atoms with Crippen LogP contribution < -0.4 is 0 Å². The van der Waals surface area contributed by atoms with E-state index in [-0.39, 0.29) is 24.3 Å². The monoisotopic (exact) mass is 448 g/mol. The second-order valence-electron chi connectivity index (χ2n) is 7.47. The summed E-state index contributed by atoms with van der Waals surface area (Å²) in [5.41, 5.74) is 3.54. The van der Waals surface area contributed by atoms with E-state index in [0.717, 1.165) is 26.5 Å². The zero-order valence-corrected chi connectivity index (χ0v) is 17.5. The summed E-state index contributed by atoms with van der Waals surface area (Å²) >= 11 is 3.56. The molecule has 0 unspecified atom stereocenters. The van der Waals surface area contributed by atoms with Crippen molar-refractivity contribution >= 4 is 44.2 Å². The Morgan fingerprint density at radius 2 is 1.69 bits per heavy atom. The van der Waals surface area contributed by atoms with Gasteiger partial charge < -0.3 is 0 Å².